The Labute approximate surface area is 110 Å². The van der Waals surface area contributed by atoms with Gasteiger partial charge in [0, 0.05) is 6.04 Å². The number of benzene rings is 2. The molecule has 2 aromatic carbocycles. The molecule has 94 valence electrons. The highest BCUT2D eigenvalue weighted by atomic mass is 14.6. The van der Waals surface area contributed by atoms with E-state index in [4.69, 9.17) is 5.73 Å². The number of nitrogens with two attached hydrogens (primary N) is 1. The Balaban J connectivity index is 2.16. The van der Waals surface area contributed by atoms with Gasteiger partial charge in [-0.25, -0.2) is 0 Å². The highest BCUT2D eigenvalue weighted by molar-refractivity contribution is 5.32. The molecule has 1 heteroatoms. The molecule has 2 rings (SSSR count). The van der Waals surface area contributed by atoms with Gasteiger partial charge in [0.1, 0.15) is 0 Å². The lowest BCUT2D eigenvalue weighted by atomic mass is 9.96. The van der Waals surface area contributed by atoms with E-state index in [0.29, 0.717) is 0 Å². The highest BCUT2D eigenvalue weighted by Gasteiger charge is 2.08. The largest absolute Gasteiger partial charge is 0.324 e. The Morgan fingerprint density at radius 1 is 0.833 bits per heavy atom. The zero-order valence-corrected chi connectivity index (χ0v) is 11.4. The molecule has 2 N–H and O–H groups in total. The van der Waals surface area contributed by atoms with Crippen molar-refractivity contribution in [3.63, 3.8) is 0 Å². The fraction of sp³-hybridized carbons (Fsp3) is 0.294. The van der Waals surface area contributed by atoms with Gasteiger partial charge >= 0.3 is 0 Å². The van der Waals surface area contributed by atoms with Gasteiger partial charge in [0.15, 0.2) is 0 Å². The van der Waals surface area contributed by atoms with E-state index in [1.165, 1.54) is 27.8 Å². The van der Waals surface area contributed by atoms with E-state index in [1.807, 2.05) is 0 Å². The van der Waals surface area contributed by atoms with Crippen LogP contribution in [0.5, 0.6) is 0 Å². The summed E-state index contributed by atoms with van der Waals surface area (Å²) < 4.78 is 0. The molecule has 0 spiro atoms. The summed E-state index contributed by atoms with van der Waals surface area (Å²) in [4.78, 5) is 0. The van der Waals surface area contributed by atoms with E-state index in [0.717, 1.165) is 6.42 Å². The summed E-state index contributed by atoms with van der Waals surface area (Å²) in [5.74, 6) is 0. The first-order valence-corrected chi connectivity index (χ1v) is 6.44. The predicted octanol–water partition coefficient (Wildman–Crippen LogP) is 3.85. The van der Waals surface area contributed by atoms with Gasteiger partial charge < -0.3 is 5.73 Å². The lowest BCUT2D eigenvalue weighted by Crippen LogP contribution is -2.13. The third kappa shape index (κ3) is 3.21. The van der Waals surface area contributed by atoms with Gasteiger partial charge in [-0.1, -0.05) is 59.2 Å². The molecule has 2 aromatic rings. The minimum absolute atomic E-state index is 0.0753. The maximum Gasteiger partial charge on any atom is 0.0335 e. The smallest absolute Gasteiger partial charge is 0.0335 e. The molecule has 0 heterocycles. The number of aryl methyl sites for hydroxylation is 3. The molecule has 1 atom stereocenters. The monoisotopic (exact) mass is 239 g/mol. The minimum atomic E-state index is 0.0753. The van der Waals surface area contributed by atoms with Crippen LogP contribution in [0.15, 0.2) is 42.5 Å². The molecule has 1 unspecified atom stereocenters. The van der Waals surface area contributed by atoms with Crippen molar-refractivity contribution in [3.05, 3.63) is 70.3 Å². The first-order valence-electron chi connectivity index (χ1n) is 6.44. The zero-order chi connectivity index (χ0) is 13.1. The summed E-state index contributed by atoms with van der Waals surface area (Å²) in [6.07, 6.45) is 0.892. The van der Waals surface area contributed by atoms with Crippen molar-refractivity contribution in [1.82, 2.24) is 0 Å². The van der Waals surface area contributed by atoms with Crippen LogP contribution in [0.2, 0.25) is 0 Å². The molecule has 0 radical (unpaired) electrons. The quantitative estimate of drug-likeness (QED) is 0.865. The maximum absolute atomic E-state index is 6.30. The van der Waals surface area contributed by atoms with Gasteiger partial charge in [0.05, 0.1) is 0 Å². The summed E-state index contributed by atoms with van der Waals surface area (Å²) in [5, 5.41) is 0. The molecule has 0 aliphatic heterocycles. The molecular formula is C17H21N. The normalized spacial score (nSPS) is 12.4. The van der Waals surface area contributed by atoms with E-state index < -0.39 is 0 Å². The average Bonchev–Trinajstić information content (AvgIpc) is 2.31. The summed E-state index contributed by atoms with van der Waals surface area (Å²) in [5.41, 5.74) is 12.7. The van der Waals surface area contributed by atoms with Crippen molar-refractivity contribution in [3.8, 4) is 0 Å². The Kier molecular flexibility index (Phi) is 3.83. The first kappa shape index (κ1) is 12.8. The minimum Gasteiger partial charge on any atom is -0.324 e. The van der Waals surface area contributed by atoms with Crippen LogP contribution in [0.25, 0.3) is 0 Å². The van der Waals surface area contributed by atoms with E-state index in [9.17, 15) is 0 Å². The summed E-state index contributed by atoms with van der Waals surface area (Å²) >= 11 is 0. The van der Waals surface area contributed by atoms with Crippen LogP contribution in [-0.4, -0.2) is 0 Å². The molecule has 0 aliphatic carbocycles. The van der Waals surface area contributed by atoms with Gasteiger partial charge in [-0.2, -0.15) is 0 Å². The van der Waals surface area contributed by atoms with Crippen molar-refractivity contribution in [2.45, 2.75) is 33.2 Å². The Bertz CT molecular complexity index is 506. The van der Waals surface area contributed by atoms with Crippen molar-refractivity contribution < 1.29 is 0 Å². The van der Waals surface area contributed by atoms with Crippen LogP contribution >= 0.6 is 0 Å². The fourth-order valence-electron chi connectivity index (χ4n) is 2.32. The number of hydrogen-bond acceptors (Lipinski definition) is 1. The van der Waals surface area contributed by atoms with Crippen molar-refractivity contribution in [2.24, 2.45) is 5.73 Å². The lowest BCUT2D eigenvalue weighted by molar-refractivity contribution is 0.720. The zero-order valence-electron chi connectivity index (χ0n) is 11.4. The van der Waals surface area contributed by atoms with Crippen molar-refractivity contribution >= 4 is 0 Å². The Morgan fingerprint density at radius 2 is 1.39 bits per heavy atom. The molecule has 0 saturated carbocycles. The van der Waals surface area contributed by atoms with Gasteiger partial charge in [-0.3, -0.25) is 0 Å². The van der Waals surface area contributed by atoms with Gasteiger partial charge in [0.2, 0.25) is 0 Å². The van der Waals surface area contributed by atoms with E-state index in [1.54, 1.807) is 0 Å². The molecule has 0 aliphatic rings. The van der Waals surface area contributed by atoms with Gasteiger partial charge in [-0.15, -0.1) is 0 Å². The molecule has 0 fully saturated rings. The molecule has 0 saturated heterocycles. The van der Waals surface area contributed by atoms with Crippen LogP contribution < -0.4 is 5.73 Å². The fourth-order valence-corrected chi connectivity index (χ4v) is 2.32. The van der Waals surface area contributed by atoms with Crippen LogP contribution in [0.1, 0.15) is 33.9 Å². The first-order chi connectivity index (χ1) is 8.54. The third-order valence-electron chi connectivity index (χ3n) is 3.25. The van der Waals surface area contributed by atoms with Gasteiger partial charge in [-0.05, 0) is 38.3 Å². The van der Waals surface area contributed by atoms with Crippen LogP contribution in [0, 0.1) is 20.8 Å². The second kappa shape index (κ2) is 5.36. The van der Waals surface area contributed by atoms with Crippen LogP contribution in [0.3, 0.4) is 0 Å². The van der Waals surface area contributed by atoms with Gasteiger partial charge in [0.25, 0.3) is 0 Å². The average molecular weight is 239 g/mol. The van der Waals surface area contributed by atoms with Crippen LogP contribution in [-0.2, 0) is 6.42 Å². The van der Waals surface area contributed by atoms with E-state index >= 15 is 0 Å². The molecule has 1 nitrogen and oxygen atoms in total. The number of rotatable bonds is 3. The summed E-state index contributed by atoms with van der Waals surface area (Å²) in [6.45, 7) is 6.35. The second-order valence-corrected chi connectivity index (χ2v) is 5.22. The molecule has 0 bridgehead atoms. The SMILES string of the molecule is Cc1ccc(CC(N)c2cc(C)cc(C)c2)cc1. The van der Waals surface area contributed by atoms with Crippen molar-refractivity contribution in [2.75, 3.05) is 0 Å². The van der Waals surface area contributed by atoms with Crippen LogP contribution in [0.4, 0.5) is 0 Å². The van der Waals surface area contributed by atoms with Crippen molar-refractivity contribution in [1.29, 1.82) is 0 Å². The second-order valence-electron chi connectivity index (χ2n) is 5.22. The van der Waals surface area contributed by atoms with E-state index in [-0.39, 0.29) is 6.04 Å². The summed E-state index contributed by atoms with van der Waals surface area (Å²) in [6, 6.07) is 15.2. The third-order valence-corrected chi connectivity index (χ3v) is 3.25. The Morgan fingerprint density at radius 3 is 1.94 bits per heavy atom. The molecule has 0 aromatic heterocycles. The number of hydrogen-bond donors (Lipinski definition) is 1. The summed E-state index contributed by atoms with van der Waals surface area (Å²) in [7, 11) is 0. The predicted molar refractivity (Wildman–Crippen MR) is 77.7 cm³/mol. The van der Waals surface area contributed by atoms with E-state index in [2.05, 4.69) is 63.2 Å². The molecular weight excluding hydrogens is 218 g/mol. The standard InChI is InChI=1S/C17H21N/c1-12-4-6-15(7-5-12)11-17(18)16-9-13(2)8-14(3)10-16/h4-10,17H,11,18H2,1-3H3. The highest BCUT2D eigenvalue weighted by Crippen LogP contribution is 2.19. The molecule has 18 heavy (non-hydrogen) atoms. The topological polar surface area (TPSA) is 26.0 Å². The Hall–Kier alpha value is -1.60. The molecule has 0 amide bonds. The lowest BCUT2D eigenvalue weighted by Gasteiger charge is -2.14. The maximum atomic E-state index is 6.30.